The van der Waals surface area contributed by atoms with Gasteiger partial charge in [0.15, 0.2) is 0 Å². The molecule has 2 aromatic heterocycles. The molecule has 0 aliphatic rings. The number of aromatic nitrogens is 1. The molecule has 0 aliphatic carbocycles. The fraction of sp³-hybridized carbons (Fsp3) is 0.182. The van der Waals surface area contributed by atoms with Gasteiger partial charge in [-0.05, 0) is 18.2 Å². The normalized spacial score (nSPS) is 10.5. The molecule has 4 nitrogen and oxygen atoms in total. The van der Waals surface area contributed by atoms with Crippen LogP contribution in [-0.4, -0.2) is 10.5 Å². The Labute approximate surface area is 108 Å². The second-order valence-corrected chi connectivity index (χ2v) is 4.25. The minimum atomic E-state index is -0.252. The summed E-state index contributed by atoms with van der Waals surface area (Å²) in [5.74, 6) is 0.433. The predicted molar refractivity (Wildman–Crippen MR) is 65.3 cm³/mol. The summed E-state index contributed by atoms with van der Waals surface area (Å²) in [5, 5.41) is 3.41. The van der Waals surface area contributed by atoms with Gasteiger partial charge in [0, 0.05) is 7.05 Å². The van der Waals surface area contributed by atoms with Crippen molar-refractivity contribution >= 4 is 29.1 Å². The van der Waals surface area contributed by atoms with E-state index in [1.807, 2.05) is 0 Å². The Morgan fingerprint density at radius 2 is 2.29 bits per heavy atom. The standard InChI is InChI=1S/C11H10Cl2N2O2/c1-15-9(5-8(12)10(15)13)11(16)14-6-7-3-2-4-17-7/h2-5H,6H2,1H3,(H,14,16). The number of halogens is 2. The lowest BCUT2D eigenvalue weighted by molar-refractivity contribution is 0.0940. The maximum Gasteiger partial charge on any atom is 0.268 e. The van der Waals surface area contributed by atoms with Crippen molar-refractivity contribution in [2.45, 2.75) is 6.54 Å². The number of rotatable bonds is 3. The fourth-order valence-corrected chi connectivity index (χ4v) is 1.81. The van der Waals surface area contributed by atoms with E-state index >= 15 is 0 Å². The average molecular weight is 273 g/mol. The molecule has 1 amide bonds. The first-order chi connectivity index (χ1) is 8.09. The molecule has 0 atom stereocenters. The van der Waals surface area contributed by atoms with Gasteiger partial charge < -0.3 is 14.3 Å². The van der Waals surface area contributed by atoms with E-state index < -0.39 is 0 Å². The Balaban J connectivity index is 2.07. The van der Waals surface area contributed by atoms with Crippen LogP contribution in [0.15, 0.2) is 28.9 Å². The van der Waals surface area contributed by atoms with Crippen molar-refractivity contribution in [1.29, 1.82) is 0 Å². The summed E-state index contributed by atoms with van der Waals surface area (Å²) in [6.07, 6.45) is 1.55. The number of carbonyl (C=O) groups is 1. The van der Waals surface area contributed by atoms with Crippen LogP contribution in [-0.2, 0) is 13.6 Å². The van der Waals surface area contributed by atoms with Crippen LogP contribution in [0.25, 0.3) is 0 Å². The zero-order chi connectivity index (χ0) is 12.4. The van der Waals surface area contributed by atoms with Crippen LogP contribution < -0.4 is 5.32 Å². The third-order valence-electron chi connectivity index (χ3n) is 2.35. The van der Waals surface area contributed by atoms with Crippen molar-refractivity contribution in [3.8, 4) is 0 Å². The van der Waals surface area contributed by atoms with Gasteiger partial charge in [-0.15, -0.1) is 0 Å². The summed E-state index contributed by atoms with van der Waals surface area (Å²) in [4.78, 5) is 11.8. The third kappa shape index (κ3) is 2.48. The van der Waals surface area contributed by atoms with E-state index in [0.29, 0.717) is 28.2 Å². The van der Waals surface area contributed by atoms with Gasteiger partial charge in [-0.2, -0.15) is 0 Å². The zero-order valence-corrected chi connectivity index (χ0v) is 10.5. The molecule has 0 aromatic carbocycles. The third-order valence-corrected chi connectivity index (χ3v) is 3.19. The summed E-state index contributed by atoms with van der Waals surface area (Å²) in [7, 11) is 1.68. The highest BCUT2D eigenvalue weighted by Crippen LogP contribution is 2.24. The van der Waals surface area contributed by atoms with Crippen LogP contribution in [0.4, 0.5) is 0 Å². The molecule has 90 valence electrons. The number of nitrogens with one attached hydrogen (secondary N) is 1. The summed E-state index contributed by atoms with van der Waals surface area (Å²) in [6, 6.07) is 5.07. The van der Waals surface area contributed by atoms with Gasteiger partial charge in [0.1, 0.15) is 16.6 Å². The molecule has 0 unspecified atom stereocenters. The van der Waals surface area contributed by atoms with E-state index in [-0.39, 0.29) is 5.91 Å². The number of hydrogen-bond acceptors (Lipinski definition) is 2. The number of amides is 1. The minimum Gasteiger partial charge on any atom is -0.467 e. The number of furan rings is 1. The minimum absolute atomic E-state index is 0.252. The average Bonchev–Trinajstić information content (AvgIpc) is 2.91. The first kappa shape index (κ1) is 12.1. The van der Waals surface area contributed by atoms with Crippen molar-refractivity contribution in [2.24, 2.45) is 7.05 Å². The molecule has 1 N–H and O–H groups in total. The maximum atomic E-state index is 11.8. The molecule has 0 saturated carbocycles. The Hall–Kier alpha value is -1.39. The molecule has 2 aromatic rings. The van der Waals surface area contributed by atoms with Gasteiger partial charge >= 0.3 is 0 Å². The Bertz CT molecular complexity index is 532. The second-order valence-electron chi connectivity index (χ2n) is 3.49. The lowest BCUT2D eigenvalue weighted by Crippen LogP contribution is -2.24. The highest BCUT2D eigenvalue weighted by Gasteiger charge is 2.15. The van der Waals surface area contributed by atoms with Gasteiger partial charge in [0.05, 0.1) is 17.8 Å². The summed E-state index contributed by atoms with van der Waals surface area (Å²) >= 11 is 11.7. The predicted octanol–water partition coefficient (Wildman–Crippen LogP) is 2.85. The molecule has 2 rings (SSSR count). The molecule has 0 bridgehead atoms. The van der Waals surface area contributed by atoms with Crippen molar-refractivity contribution in [3.05, 3.63) is 46.1 Å². The molecule has 0 radical (unpaired) electrons. The van der Waals surface area contributed by atoms with Crippen LogP contribution in [0.2, 0.25) is 10.2 Å². The molecule has 0 fully saturated rings. The topological polar surface area (TPSA) is 47.2 Å². The van der Waals surface area contributed by atoms with Crippen LogP contribution >= 0.6 is 23.2 Å². The van der Waals surface area contributed by atoms with Crippen LogP contribution in [0.1, 0.15) is 16.2 Å². The van der Waals surface area contributed by atoms with E-state index in [4.69, 9.17) is 27.6 Å². The largest absolute Gasteiger partial charge is 0.467 e. The van der Waals surface area contributed by atoms with Crippen LogP contribution in [0.3, 0.4) is 0 Å². The van der Waals surface area contributed by atoms with E-state index in [9.17, 15) is 4.79 Å². The Morgan fingerprint density at radius 1 is 1.53 bits per heavy atom. The zero-order valence-electron chi connectivity index (χ0n) is 9.04. The lowest BCUT2D eigenvalue weighted by atomic mass is 10.4. The summed E-state index contributed by atoms with van der Waals surface area (Å²) in [6.45, 7) is 0.326. The van der Waals surface area contributed by atoms with Gasteiger partial charge in [-0.1, -0.05) is 23.2 Å². The molecule has 0 aliphatic heterocycles. The fourth-order valence-electron chi connectivity index (χ4n) is 1.43. The molecular formula is C11H10Cl2N2O2. The smallest absolute Gasteiger partial charge is 0.268 e. The molecule has 6 heteroatoms. The van der Waals surface area contributed by atoms with E-state index in [1.54, 1.807) is 25.4 Å². The molecular weight excluding hydrogens is 263 g/mol. The molecule has 0 saturated heterocycles. The van der Waals surface area contributed by atoms with Gasteiger partial charge in [-0.25, -0.2) is 0 Å². The van der Waals surface area contributed by atoms with Crippen molar-refractivity contribution in [3.63, 3.8) is 0 Å². The first-order valence-corrected chi connectivity index (χ1v) is 5.66. The lowest BCUT2D eigenvalue weighted by Gasteiger charge is -2.04. The van der Waals surface area contributed by atoms with Gasteiger partial charge in [-0.3, -0.25) is 4.79 Å². The van der Waals surface area contributed by atoms with E-state index in [1.165, 1.54) is 10.6 Å². The van der Waals surface area contributed by atoms with E-state index in [0.717, 1.165) is 0 Å². The summed E-state index contributed by atoms with van der Waals surface area (Å²) in [5.41, 5.74) is 0.409. The van der Waals surface area contributed by atoms with Crippen LogP contribution in [0, 0.1) is 0 Å². The SMILES string of the molecule is Cn1c(C(=O)NCc2ccco2)cc(Cl)c1Cl. The number of nitrogens with zero attached hydrogens (tertiary/aromatic N) is 1. The summed E-state index contributed by atoms with van der Waals surface area (Å²) < 4.78 is 6.63. The van der Waals surface area contributed by atoms with Crippen molar-refractivity contribution < 1.29 is 9.21 Å². The monoisotopic (exact) mass is 272 g/mol. The molecule has 0 spiro atoms. The maximum absolute atomic E-state index is 11.8. The Kier molecular flexibility index (Phi) is 3.45. The highest BCUT2D eigenvalue weighted by atomic mass is 35.5. The highest BCUT2D eigenvalue weighted by molar-refractivity contribution is 6.41. The molecule has 17 heavy (non-hydrogen) atoms. The quantitative estimate of drug-likeness (QED) is 0.934. The molecule has 2 heterocycles. The van der Waals surface area contributed by atoms with Gasteiger partial charge in [0.2, 0.25) is 0 Å². The van der Waals surface area contributed by atoms with Crippen molar-refractivity contribution in [1.82, 2.24) is 9.88 Å². The number of carbonyl (C=O) groups excluding carboxylic acids is 1. The first-order valence-electron chi connectivity index (χ1n) is 4.91. The second kappa shape index (κ2) is 4.85. The van der Waals surface area contributed by atoms with Gasteiger partial charge in [0.25, 0.3) is 5.91 Å². The van der Waals surface area contributed by atoms with Crippen molar-refractivity contribution in [2.75, 3.05) is 0 Å². The van der Waals surface area contributed by atoms with E-state index in [2.05, 4.69) is 5.32 Å². The van der Waals surface area contributed by atoms with Crippen LogP contribution in [0.5, 0.6) is 0 Å². The number of hydrogen-bond donors (Lipinski definition) is 1. The Morgan fingerprint density at radius 3 is 2.82 bits per heavy atom.